The lowest BCUT2D eigenvalue weighted by molar-refractivity contribution is -0.660. The van der Waals surface area contributed by atoms with Crippen molar-refractivity contribution in [2.45, 2.75) is 13.8 Å². The van der Waals surface area contributed by atoms with E-state index in [0.29, 0.717) is 22.6 Å². The number of para-hydroxylation sites is 2. The van der Waals surface area contributed by atoms with Gasteiger partial charge in [-0.15, -0.1) is 4.68 Å². The van der Waals surface area contributed by atoms with E-state index in [9.17, 15) is 14.0 Å². The Morgan fingerprint density at radius 1 is 1.25 bits per heavy atom. The fourth-order valence-corrected chi connectivity index (χ4v) is 2.41. The van der Waals surface area contributed by atoms with E-state index >= 15 is 0 Å². The fraction of sp³-hybridized carbons (Fsp3) is 0.118. The molecule has 0 radical (unpaired) electrons. The van der Waals surface area contributed by atoms with Crippen LogP contribution < -0.4 is 15.6 Å². The van der Waals surface area contributed by atoms with Gasteiger partial charge in [-0.25, -0.2) is 9.18 Å². The zero-order valence-electron chi connectivity index (χ0n) is 13.2. The molecule has 2 aromatic carbocycles. The molecule has 0 fully saturated rings. The maximum Gasteiger partial charge on any atom is 0.398 e. The Bertz CT molecular complexity index is 975. The minimum absolute atomic E-state index is 0.209. The molecule has 122 valence electrons. The average Bonchev–Trinajstić information content (AvgIpc) is 2.92. The lowest BCUT2D eigenvalue weighted by Gasteiger charge is -2.05. The molecule has 6 nitrogen and oxygen atoms in total. The Kier molecular flexibility index (Phi) is 3.99. The number of halogens is 1. The second-order valence-electron chi connectivity index (χ2n) is 5.40. The number of rotatable bonds is 3. The molecule has 0 saturated carbocycles. The second kappa shape index (κ2) is 6.11. The number of carbonyl (C=O) groups excluding carboxylic acids is 1. The first-order valence-electron chi connectivity index (χ1n) is 7.33. The Labute approximate surface area is 137 Å². The number of aromatic amines is 1. The van der Waals surface area contributed by atoms with Gasteiger partial charge in [0.15, 0.2) is 11.4 Å². The first kappa shape index (κ1) is 15.7. The van der Waals surface area contributed by atoms with Crippen molar-refractivity contribution in [2.24, 2.45) is 0 Å². The van der Waals surface area contributed by atoms with Crippen molar-refractivity contribution in [3.05, 3.63) is 70.4 Å². The van der Waals surface area contributed by atoms with Gasteiger partial charge in [-0.1, -0.05) is 22.0 Å². The Hall–Kier alpha value is -3.22. The summed E-state index contributed by atoms with van der Waals surface area (Å²) in [4.78, 5) is 23.6. The fourth-order valence-electron chi connectivity index (χ4n) is 2.41. The molecule has 0 atom stereocenters. The van der Waals surface area contributed by atoms with Crippen molar-refractivity contribution in [3.63, 3.8) is 0 Å². The van der Waals surface area contributed by atoms with Crippen LogP contribution in [0.5, 0.6) is 0 Å². The van der Waals surface area contributed by atoms with E-state index in [-0.39, 0.29) is 17.3 Å². The van der Waals surface area contributed by atoms with Gasteiger partial charge in [-0.2, -0.15) is 0 Å². The third-order valence-corrected chi connectivity index (χ3v) is 3.54. The molecular formula is C17H16FN4O2+. The van der Waals surface area contributed by atoms with Crippen LogP contribution in [0.4, 0.5) is 10.1 Å². The Morgan fingerprint density at radius 3 is 2.71 bits per heavy atom. The van der Waals surface area contributed by atoms with E-state index in [2.05, 4.69) is 10.5 Å². The summed E-state index contributed by atoms with van der Waals surface area (Å²) in [5.74, 6) is -0.541. The van der Waals surface area contributed by atoms with E-state index in [1.807, 2.05) is 0 Å². The van der Waals surface area contributed by atoms with Crippen LogP contribution in [-0.2, 0) is 4.79 Å². The van der Waals surface area contributed by atoms with Gasteiger partial charge in [0.2, 0.25) is 12.1 Å². The highest BCUT2D eigenvalue weighted by atomic mass is 19.1. The van der Waals surface area contributed by atoms with Gasteiger partial charge >= 0.3 is 5.56 Å². The van der Waals surface area contributed by atoms with E-state index in [0.717, 1.165) is 0 Å². The van der Waals surface area contributed by atoms with Crippen molar-refractivity contribution in [2.75, 3.05) is 5.32 Å². The molecule has 0 saturated heterocycles. The smallest absolute Gasteiger partial charge is 0.323 e. The van der Waals surface area contributed by atoms with Gasteiger partial charge in [0.1, 0.15) is 5.82 Å². The molecule has 3 rings (SSSR count). The number of H-pyrrole nitrogens is 1. The van der Waals surface area contributed by atoms with Crippen LogP contribution in [0.3, 0.4) is 0 Å². The highest BCUT2D eigenvalue weighted by Crippen LogP contribution is 2.14. The topological polar surface area (TPSA) is 70.8 Å². The molecule has 7 heteroatoms. The summed E-state index contributed by atoms with van der Waals surface area (Å²) in [7, 11) is 0. The standard InChI is InChI=1S/C17H15FN4O2/c1-11-9-13(7-8-14(11)18)22-17(24)10-21(20-22)16-6-4-3-5-15(16)19-12(2)23/h3-10H,1-2H3,(H-,19,20,23,24)/p+1. The predicted octanol–water partition coefficient (Wildman–Crippen LogP) is 1.85. The van der Waals surface area contributed by atoms with Crippen LogP contribution in [0.2, 0.25) is 0 Å². The third kappa shape index (κ3) is 2.96. The molecule has 1 amide bonds. The number of nitrogens with zero attached hydrogens (tertiary/aromatic N) is 2. The zero-order chi connectivity index (χ0) is 17.3. The summed E-state index contributed by atoms with van der Waals surface area (Å²) in [5.41, 5.74) is 1.84. The van der Waals surface area contributed by atoms with Gasteiger partial charge in [0.25, 0.3) is 0 Å². The molecule has 1 heterocycles. The number of aryl methyl sites for hydroxylation is 1. The third-order valence-electron chi connectivity index (χ3n) is 3.54. The maximum absolute atomic E-state index is 13.4. The Morgan fingerprint density at radius 2 is 2.00 bits per heavy atom. The van der Waals surface area contributed by atoms with Crippen LogP contribution in [-0.4, -0.2) is 15.8 Å². The van der Waals surface area contributed by atoms with Crippen molar-refractivity contribution in [3.8, 4) is 11.4 Å². The summed E-state index contributed by atoms with van der Waals surface area (Å²) in [6, 6.07) is 11.5. The molecular weight excluding hydrogens is 311 g/mol. The molecule has 0 spiro atoms. The van der Waals surface area contributed by atoms with Gasteiger partial charge in [0.05, 0.1) is 5.69 Å². The minimum atomic E-state index is -0.331. The molecule has 0 aliphatic carbocycles. The number of anilines is 1. The van der Waals surface area contributed by atoms with Crippen molar-refractivity contribution >= 4 is 11.6 Å². The number of carbonyl (C=O) groups is 1. The summed E-state index contributed by atoms with van der Waals surface area (Å²) < 4.78 is 16.2. The summed E-state index contributed by atoms with van der Waals surface area (Å²) in [5, 5.41) is 5.64. The minimum Gasteiger partial charge on any atom is -0.323 e. The van der Waals surface area contributed by atoms with Gasteiger partial charge in [-0.3, -0.25) is 4.79 Å². The average molecular weight is 327 g/mol. The van der Waals surface area contributed by atoms with Crippen LogP contribution in [0, 0.1) is 12.7 Å². The molecule has 1 aromatic heterocycles. The van der Waals surface area contributed by atoms with Crippen LogP contribution in [0.15, 0.2) is 53.5 Å². The van der Waals surface area contributed by atoms with E-state index < -0.39 is 0 Å². The lowest BCUT2D eigenvalue weighted by Crippen LogP contribution is -2.34. The van der Waals surface area contributed by atoms with Crippen molar-refractivity contribution in [1.82, 2.24) is 9.90 Å². The van der Waals surface area contributed by atoms with Gasteiger partial charge < -0.3 is 5.32 Å². The van der Waals surface area contributed by atoms with Gasteiger partial charge in [0, 0.05) is 6.92 Å². The number of amides is 1. The number of nitrogens with one attached hydrogen (secondary N) is 2. The van der Waals surface area contributed by atoms with Gasteiger partial charge in [-0.05, 0) is 42.8 Å². The number of hydrogen-bond acceptors (Lipinski definition) is 2. The first-order valence-corrected chi connectivity index (χ1v) is 7.33. The molecule has 0 aliphatic heterocycles. The normalized spacial score (nSPS) is 10.6. The highest BCUT2D eigenvalue weighted by Gasteiger charge is 2.17. The summed E-state index contributed by atoms with van der Waals surface area (Å²) in [6.07, 6.45) is 1.36. The number of hydrogen-bond donors (Lipinski definition) is 2. The number of aromatic nitrogens is 3. The van der Waals surface area contributed by atoms with Crippen LogP contribution in [0.1, 0.15) is 12.5 Å². The molecule has 0 bridgehead atoms. The maximum atomic E-state index is 13.4. The quantitative estimate of drug-likeness (QED) is 0.721. The second-order valence-corrected chi connectivity index (χ2v) is 5.40. The summed E-state index contributed by atoms with van der Waals surface area (Å²) >= 11 is 0. The first-order chi connectivity index (χ1) is 11.5. The van der Waals surface area contributed by atoms with E-state index in [1.54, 1.807) is 37.3 Å². The molecule has 24 heavy (non-hydrogen) atoms. The summed E-state index contributed by atoms with van der Waals surface area (Å²) in [6.45, 7) is 3.05. The molecule has 2 N–H and O–H groups in total. The molecule has 0 unspecified atom stereocenters. The molecule has 0 aliphatic rings. The highest BCUT2D eigenvalue weighted by molar-refractivity contribution is 5.90. The monoisotopic (exact) mass is 327 g/mol. The van der Waals surface area contributed by atoms with Crippen LogP contribution in [0.25, 0.3) is 11.4 Å². The van der Waals surface area contributed by atoms with E-state index in [4.69, 9.17) is 0 Å². The largest absolute Gasteiger partial charge is 0.398 e. The Balaban J connectivity index is 2.08. The number of benzene rings is 2. The van der Waals surface area contributed by atoms with Crippen molar-refractivity contribution < 1.29 is 13.9 Å². The predicted molar refractivity (Wildman–Crippen MR) is 86.9 cm³/mol. The van der Waals surface area contributed by atoms with E-state index in [1.165, 1.54) is 34.6 Å². The zero-order valence-corrected chi connectivity index (χ0v) is 13.2. The van der Waals surface area contributed by atoms with Crippen LogP contribution >= 0.6 is 0 Å². The van der Waals surface area contributed by atoms with Crippen molar-refractivity contribution in [1.29, 1.82) is 0 Å². The lowest BCUT2D eigenvalue weighted by atomic mass is 10.2. The molecule has 3 aromatic rings. The SMILES string of the molecule is CC(=O)Nc1ccccc1-[n+]1cc(=O)n(-c2ccc(F)c(C)c2)[nH]1.